The van der Waals surface area contributed by atoms with Gasteiger partial charge in [-0.05, 0) is 31.7 Å². The molecule has 0 unspecified atom stereocenters. The summed E-state index contributed by atoms with van der Waals surface area (Å²) in [6.45, 7) is 3.26. The number of amides is 3. The molecule has 1 aromatic rings. The first-order chi connectivity index (χ1) is 11.0. The summed E-state index contributed by atoms with van der Waals surface area (Å²) in [7, 11) is 3.43. The molecule has 1 rings (SSSR count). The number of methoxy groups -OCH3 is 1. The van der Waals surface area contributed by atoms with Crippen molar-refractivity contribution in [3.05, 3.63) is 28.2 Å². The molecule has 0 heterocycles. The predicted octanol–water partition coefficient (Wildman–Crippen LogP) is 2.52. The van der Waals surface area contributed by atoms with Gasteiger partial charge in [0.2, 0.25) is 5.91 Å². The van der Waals surface area contributed by atoms with Crippen molar-refractivity contribution in [1.29, 1.82) is 0 Å². The first-order valence-corrected chi connectivity index (χ1v) is 8.34. The number of halogens is 1. The van der Waals surface area contributed by atoms with Gasteiger partial charge in [0.15, 0.2) is 0 Å². The highest BCUT2D eigenvalue weighted by Gasteiger charge is 2.12. The fourth-order valence-corrected chi connectivity index (χ4v) is 2.46. The predicted molar refractivity (Wildman–Crippen MR) is 93.5 cm³/mol. The maximum atomic E-state index is 11.9. The van der Waals surface area contributed by atoms with Crippen molar-refractivity contribution in [2.45, 2.75) is 26.3 Å². The molecule has 0 fully saturated rings. The molecule has 2 N–H and O–H groups in total. The molecule has 0 aliphatic rings. The minimum Gasteiger partial charge on any atom is -0.496 e. The Bertz CT molecular complexity index is 537. The van der Waals surface area contributed by atoms with Crippen molar-refractivity contribution in [3.8, 4) is 5.75 Å². The van der Waals surface area contributed by atoms with E-state index >= 15 is 0 Å². The summed E-state index contributed by atoms with van der Waals surface area (Å²) < 4.78 is 6.26. The van der Waals surface area contributed by atoms with Gasteiger partial charge in [-0.1, -0.05) is 29.3 Å². The number of urea groups is 1. The van der Waals surface area contributed by atoms with Crippen LogP contribution in [0, 0.1) is 0 Å². The average Bonchev–Trinajstić information content (AvgIpc) is 2.47. The lowest BCUT2D eigenvalue weighted by atomic mass is 10.2. The van der Waals surface area contributed by atoms with Crippen LogP contribution in [-0.4, -0.2) is 44.1 Å². The van der Waals surface area contributed by atoms with Gasteiger partial charge in [-0.3, -0.25) is 15.0 Å². The highest BCUT2D eigenvalue weighted by atomic mass is 79.9. The van der Waals surface area contributed by atoms with E-state index in [0.717, 1.165) is 28.6 Å². The largest absolute Gasteiger partial charge is 0.496 e. The van der Waals surface area contributed by atoms with E-state index in [-0.39, 0.29) is 12.5 Å². The van der Waals surface area contributed by atoms with Crippen molar-refractivity contribution in [2.24, 2.45) is 0 Å². The molecule has 23 heavy (non-hydrogen) atoms. The Kier molecular flexibility index (Phi) is 8.65. The molecule has 0 atom stereocenters. The third kappa shape index (κ3) is 7.47. The fraction of sp³-hybridized carbons (Fsp3) is 0.500. The van der Waals surface area contributed by atoms with Gasteiger partial charge in [0, 0.05) is 23.1 Å². The summed E-state index contributed by atoms with van der Waals surface area (Å²) in [5.74, 6) is 0.424. The fourth-order valence-electron chi connectivity index (χ4n) is 2.05. The molecule has 0 saturated carbocycles. The van der Waals surface area contributed by atoms with Gasteiger partial charge in [0.05, 0.1) is 13.7 Å². The third-order valence-corrected chi connectivity index (χ3v) is 3.66. The van der Waals surface area contributed by atoms with Gasteiger partial charge in [-0.15, -0.1) is 0 Å². The summed E-state index contributed by atoms with van der Waals surface area (Å²) in [5.41, 5.74) is 0.963. The number of hydrogen-bond acceptors (Lipinski definition) is 4. The van der Waals surface area contributed by atoms with Crippen molar-refractivity contribution >= 4 is 27.9 Å². The minimum absolute atomic E-state index is 0.122. The standard InChI is InChI=1S/C16H24BrN3O3/c1-4-5-8-18-16(22)19-15(21)11-20(2)10-12-9-13(17)6-7-14(12)23-3/h6-7,9H,4-5,8,10-11H2,1-3H3,(H2,18,19,21,22). The molecular formula is C16H24BrN3O3. The molecule has 0 spiro atoms. The van der Waals surface area contributed by atoms with Crippen LogP contribution in [0.25, 0.3) is 0 Å². The molecule has 0 radical (unpaired) electrons. The van der Waals surface area contributed by atoms with Crippen LogP contribution in [0.1, 0.15) is 25.3 Å². The molecule has 0 aliphatic carbocycles. The highest BCUT2D eigenvalue weighted by molar-refractivity contribution is 9.10. The normalized spacial score (nSPS) is 10.5. The second-order valence-electron chi connectivity index (χ2n) is 5.29. The van der Waals surface area contributed by atoms with Crippen molar-refractivity contribution in [2.75, 3.05) is 27.2 Å². The molecule has 0 saturated heterocycles. The number of likely N-dealkylation sites (N-methyl/N-ethyl adjacent to an activating group) is 1. The van der Waals surface area contributed by atoms with Crippen LogP contribution in [0.15, 0.2) is 22.7 Å². The smallest absolute Gasteiger partial charge is 0.321 e. The number of nitrogens with zero attached hydrogens (tertiary/aromatic N) is 1. The number of rotatable bonds is 8. The van der Waals surface area contributed by atoms with E-state index < -0.39 is 6.03 Å². The second kappa shape index (κ2) is 10.2. The Balaban J connectivity index is 2.47. The molecule has 6 nitrogen and oxygen atoms in total. The van der Waals surface area contributed by atoms with E-state index in [2.05, 4.69) is 26.6 Å². The zero-order valence-corrected chi connectivity index (χ0v) is 15.4. The van der Waals surface area contributed by atoms with E-state index in [1.165, 1.54) is 0 Å². The monoisotopic (exact) mass is 385 g/mol. The Morgan fingerprint density at radius 3 is 2.74 bits per heavy atom. The van der Waals surface area contributed by atoms with E-state index in [4.69, 9.17) is 4.74 Å². The number of unbranched alkanes of at least 4 members (excludes halogenated alkanes) is 1. The van der Waals surface area contributed by atoms with E-state index in [9.17, 15) is 9.59 Å². The van der Waals surface area contributed by atoms with E-state index in [1.807, 2.05) is 37.1 Å². The van der Waals surface area contributed by atoms with Crippen molar-refractivity contribution in [1.82, 2.24) is 15.5 Å². The Morgan fingerprint density at radius 2 is 2.09 bits per heavy atom. The zero-order chi connectivity index (χ0) is 17.2. The molecule has 1 aromatic carbocycles. The van der Waals surface area contributed by atoms with Gasteiger partial charge in [0.1, 0.15) is 5.75 Å². The Morgan fingerprint density at radius 1 is 1.35 bits per heavy atom. The van der Waals surface area contributed by atoms with Crippen LogP contribution >= 0.6 is 15.9 Å². The lowest BCUT2D eigenvalue weighted by Gasteiger charge is -2.18. The van der Waals surface area contributed by atoms with Gasteiger partial charge in [-0.25, -0.2) is 4.79 Å². The molecule has 0 bridgehead atoms. The van der Waals surface area contributed by atoms with Crippen LogP contribution in [0.5, 0.6) is 5.75 Å². The van der Waals surface area contributed by atoms with Crippen LogP contribution in [0.4, 0.5) is 4.79 Å². The molecule has 128 valence electrons. The van der Waals surface area contributed by atoms with Gasteiger partial charge in [-0.2, -0.15) is 0 Å². The topological polar surface area (TPSA) is 70.7 Å². The first-order valence-electron chi connectivity index (χ1n) is 7.55. The summed E-state index contributed by atoms with van der Waals surface area (Å²) in [6.07, 6.45) is 1.88. The zero-order valence-electron chi connectivity index (χ0n) is 13.8. The van der Waals surface area contributed by atoms with Crippen LogP contribution in [-0.2, 0) is 11.3 Å². The number of imide groups is 1. The lowest BCUT2D eigenvalue weighted by Crippen LogP contribution is -2.43. The second-order valence-corrected chi connectivity index (χ2v) is 6.20. The maximum Gasteiger partial charge on any atom is 0.321 e. The van der Waals surface area contributed by atoms with Gasteiger partial charge in [0.25, 0.3) is 0 Å². The van der Waals surface area contributed by atoms with E-state index in [0.29, 0.717) is 13.1 Å². The summed E-state index contributed by atoms with van der Waals surface area (Å²) in [6, 6.07) is 5.27. The SMILES string of the molecule is CCCCNC(=O)NC(=O)CN(C)Cc1cc(Br)ccc1OC. The van der Waals surface area contributed by atoms with Crippen molar-refractivity contribution < 1.29 is 14.3 Å². The van der Waals surface area contributed by atoms with Crippen LogP contribution in [0.3, 0.4) is 0 Å². The van der Waals surface area contributed by atoms with Crippen molar-refractivity contribution in [3.63, 3.8) is 0 Å². The van der Waals surface area contributed by atoms with Gasteiger partial charge >= 0.3 is 6.03 Å². The number of nitrogens with one attached hydrogen (secondary N) is 2. The number of hydrogen-bond donors (Lipinski definition) is 2. The molecule has 7 heteroatoms. The highest BCUT2D eigenvalue weighted by Crippen LogP contribution is 2.23. The maximum absolute atomic E-state index is 11.9. The average molecular weight is 386 g/mol. The molecule has 0 aromatic heterocycles. The first kappa shape index (κ1) is 19.4. The van der Waals surface area contributed by atoms with Crippen LogP contribution in [0.2, 0.25) is 0 Å². The number of carbonyl (C=O) groups is 2. The quantitative estimate of drug-likeness (QED) is 0.674. The molecule has 0 aliphatic heterocycles. The van der Waals surface area contributed by atoms with E-state index in [1.54, 1.807) is 7.11 Å². The number of carbonyl (C=O) groups excluding carboxylic acids is 2. The summed E-state index contributed by atoms with van der Waals surface area (Å²) in [4.78, 5) is 25.2. The Hall–Kier alpha value is -1.60. The molecule has 3 amide bonds. The Labute approximate surface area is 145 Å². The molecular weight excluding hydrogens is 362 g/mol. The minimum atomic E-state index is -0.447. The number of ether oxygens (including phenoxy) is 1. The lowest BCUT2D eigenvalue weighted by molar-refractivity contribution is -0.120. The third-order valence-electron chi connectivity index (χ3n) is 3.17. The summed E-state index contributed by atoms with van der Waals surface area (Å²) in [5, 5.41) is 4.97. The van der Waals surface area contributed by atoms with Crippen LogP contribution < -0.4 is 15.4 Å². The van der Waals surface area contributed by atoms with Gasteiger partial charge < -0.3 is 10.1 Å². The number of benzene rings is 1. The summed E-state index contributed by atoms with van der Waals surface area (Å²) >= 11 is 3.42.